The second kappa shape index (κ2) is 8.56. The number of aromatic nitrogens is 3. The summed E-state index contributed by atoms with van der Waals surface area (Å²) in [5, 5.41) is 4.47. The van der Waals surface area contributed by atoms with Gasteiger partial charge in [0.15, 0.2) is 0 Å². The van der Waals surface area contributed by atoms with Crippen LogP contribution in [0.15, 0.2) is 30.7 Å². The number of likely N-dealkylation sites (N-methyl/N-ethyl adjacent to an activating group) is 1. The summed E-state index contributed by atoms with van der Waals surface area (Å²) in [6, 6.07) is 3.76. The summed E-state index contributed by atoms with van der Waals surface area (Å²) in [5.74, 6) is -0.0950. The number of hydrogen-bond donors (Lipinski definition) is 0. The minimum Gasteiger partial charge on any atom is -0.382 e. The molecule has 1 amide bonds. The third-order valence-corrected chi connectivity index (χ3v) is 3.73. The van der Waals surface area contributed by atoms with E-state index in [4.69, 9.17) is 9.47 Å². The van der Waals surface area contributed by atoms with Gasteiger partial charge in [0.05, 0.1) is 42.7 Å². The highest BCUT2D eigenvalue weighted by atomic mass is 16.5. The van der Waals surface area contributed by atoms with Crippen LogP contribution in [-0.2, 0) is 14.3 Å². The summed E-state index contributed by atoms with van der Waals surface area (Å²) in [6.07, 6.45) is 5.36. The van der Waals surface area contributed by atoms with Crippen LogP contribution in [0.5, 0.6) is 0 Å². The van der Waals surface area contributed by atoms with E-state index in [0.717, 1.165) is 17.1 Å². The smallest absolute Gasteiger partial charge is 0.255 e. The first kappa shape index (κ1) is 18.1. The van der Waals surface area contributed by atoms with E-state index in [1.54, 1.807) is 36.1 Å². The van der Waals surface area contributed by atoms with Crippen molar-refractivity contribution in [2.45, 2.75) is 26.4 Å². The zero-order chi connectivity index (χ0) is 17.5. The van der Waals surface area contributed by atoms with E-state index in [2.05, 4.69) is 10.1 Å². The fourth-order valence-corrected chi connectivity index (χ4v) is 2.37. The largest absolute Gasteiger partial charge is 0.382 e. The van der Waals surface area contributed by atoms with Crippen LogP contribution in [0, 0.1) is 6.92 Å². The van der Waals surface area contributed by atoms with Gasteiger partial charge in [-0.3, -0.25) is 9.78 Å². The number of ether oxygens (including phenoxy) is 2. The summed E-state index contributed by atoms with van der Waals surface area (Å²) in [4.78, 5) is 18.4. The standard InChI is InChI=1S/C17H24N4O3/c1-5-16(24-10-9-23-4)17(22)20(3)15-12-21(19-13(15)2)14-7-6-8-18-11-14/h6-8,11-12,16H,5,9-10H2,1-4H3. The number of aryl methyl sites for hydroxylation is 1. The number of carbonyl (C=O) groups is 1. The van der Waals surface area contributed by atoms with Gasteiger partial charge in [0.1, 0.15) is 6.10 Å². The van der Waals surface area contributed by atoms with E-state index in [1.807, 2.05) is 32.2 Å². The van der Waals surface area contributed by atoms with Crippen molar-refractivity contribution in [1.29, 1.82) is 0 Å². The van der Waals surface area contributed by atoms with E-state index < -0.39 is 6.10 Å². The maximum atomic E-state index is 12.7. The molecule has 0 aliphatic rings. The average molecular weight is 332 g/mol. The van der Waals surface area contributed by atoms with Crippen molar-refractivity contribution in [3.05, 3.63) is 36.4 Å². The molecule has 2 rings (SSSR count). The molecule has 0 saturated carbocycles. The van der Waals surface area contributed by atoms with Gasteiger partial charge in [-0.25, -0.2) is 4.68 Å². The Balaban J connectivity index is 2.15. The second-order valence-corrected chi connectivity index (χ2v) is 5.41. The Morgan fingerprint density at radius 3 is 2.83 bits per heavy atom. The molecule has 7 heteroatoms. The number of anilines is 1. The first-order valence-corrected chi connectivity index (χ1v) is 7.93. The number of methoxy groups -OCH3 is 1. The van der Waals surface area contributed by atoms with Crippen LogP contribution in [0.1, 0.15) is 19.0 Å². The summed E-state index contributed by atoms with van der Waals surface area (Å²) in [5.41, 5.74) is 2.36. The predicted molar refractivity (Wildman–Crippen MR) is 91.4 cm³/mol. The Kier molecular flexibility index (Phi) is 6.45. The van der Waals surface area contributed by atoms with E-state index in [9.17, 15) is 4.79 Å². The van der Waals surface area contributed by atoms with E-state index in [-0.39, 0.29) is 5.91 Å². The fraction of sp³-hybridized carbons (Fsp3) is 0.471. The van der Waals surface area contributed by atoms with Crippen LogP contribution in [0.3, 0.4) is 0 Å². The molecule has 130 valence electrons. The van der Waals surface area contributed by atoms with Gasteiger partial charge in [0, 0.05) is 20.4 Å². The Morgan fingerprint density at radius 1 is 1.42 bits per heavy atom. The minimum absolute atomic E-state index is 0.0950. The maximum absolute atomic E-state index is 12.7. The molecule has 2 aromatic rings. The molecule has 0 N–H and O–H groups in total. The molecular formula is C17H24N4O3. The molecule has 0 radical (unpaired) electrons. The lowest BCUT2D eigenvalue weighted by Gasteiger charge is -2.22. The van der Waals surface area contributed by atoms with Gasteiger partial charge in [-0.2, -0.15) is 5.10 Å². The number of nitrogens with zero attached hydrogens (tertiary/aromatic N) is 4. The van der Waals surface area contributed by atoms with Crippen LogP contribution in [0.25, 0.3) is 5.69 Å². The number of carbonyl (C=O) groups excluding carboxylic acids is 1. The van der Waals surface area contributed by atoms with Gasteiger partial charge in [0.25, 0.3) is 5.91 Å². The molecule has 0 aliphatic carbocycles. The predicted octanol–water partition coefficient (Wildman–Crippen LogP) is 1.98. The molecule has 7 nitrogen and oxygen atoms in total. The third-order valence-electron chi connectivity index (χ3n) is 3.73. The van der Waals surface area contributed by atoms with Gasteiger partial charge in [0.2, 0.25) is 0 Å². The lowest BCUT2D eigenvalue weighted by molar-refractivity contribution is -0.130. The quantitative estimate of drug-likeness (QED) is 0.691. The number of hydrogen-bond acceptors (Lipinski definition) is 5. The van der Waals surface area contributed by atoms with Gasteiger partial charge >= 0.3 is 0 Å². The van der Waals surface area contributed by atoms with Crippen LogP contribution >= 0.6 is 0 Å². The lowest BCUT2D eigenvalue weighted by Crippen LogP contribution is -2.38. The molecule has 2 heterocycles. The molecule has 0 saturated heterocycles. The van der Waals surface area contributed by atoms with Crippen molar-refractivity contribution >= 4 is 11.6 Å². The molecule has 1 unspecified atom stereocenters. The van der Waals surface area contributed by atoms with E-state index in [0.29, 0.717) is 19.6 Å². The third kappa shape index (κ3) is 4.18. The topological polar surface area (TPSA) is 69.5 Å². The highest BCUT2D eigenvalue weighted by Gasteiger charge is 2.24. The Morgan fingerprint density at radius 2 is 2.21 bits per heavy atom. The SMILES string of the molecule is CCC(OCCOC)C(=O)N(C)c1cn(-c2cccnc2)nc1C. The second-order valence-electron chi connectivity index (χ2n) is 5.41. The molecule has 0 bridgehead atoms. The minimum atomic E-state index is -0.494. The van der Waals surface area contributed by atoms with Crippen LogP contribution in [0.2, 0.25) is 0 Å². The van der Waals surface area contributed by atoms with Gasteiger partial charge in [-0.1, -0.05) is 6.92 Å². The summed E-state index contributed by atoms with van der Waals surface area (Å²) < 4.78 is 12.3. The van der Waals surface area contributed by atoms with Crippen LogP contribution < -0.4 is 4.90 Å². The Bertz CT molecular complexity index is 657. The summed E-state index contributed by atoms with van der Waals surface area (Å²) in [7, 11) is 3.34. The van der Waals surface area contributed by atoms with Crippen LogP contribution in [-0.4, -0.2) is 54.1 Å². The van der Waals surface area contributed by atoms with Crippen molar-refractivity contribution in [1.82, 2.24) is 14.8 Å². The monoisotopic (exact) mass is 332 g/mol. The highest BCUT2D eigenvalue weighted by Crippen LogP contribution is 2.21. The van der Waals surface area contributed by atoms with Gasteiger partial charge in [-0.15, -0.1) is 0 Å². The zero-order valence-electron chi connectivity index (χ0n) is 14.6. The van der Waals surface area contributed by atoms with Crippen molar-refractivity contribution in [2.24, 2.45) is 0 Å². The Labute approximate surface area is 142 Å². The molecule has 1 atom stereocenters. The number of rotatable bonds is 8. The van der Waals surface area contributed by atoms with E-state index in [1.165, 1.54) is 0 Å². The van der Waals surface area contributed by atoms with Crippen molar-refractivity contribution < 1.29 is 14.3 Å². The van der Waals surface area contributed by atoms with E-state index >= 15 is 0 Å². The Hall–Kier alpha value is -2.25. The molecule has 0 aromatic carbocycles. The van der Waals surface area contributed by atoms with Crippen LogP contribution in [0.4, 0.5) is 5.69 Å². The van der Waals surface area contributed by atoms with Gasteiger partial charge in [-0.05, 0) is 25.5 Å². The fourth-order valence-electron chi connectivity index (χ4n) is 2.37. The molecule has 24 heavy (non-hydrogen) atoms. The first-order chi connectivity index (χ1) is 11.6. The summed E-state index contributed by atoms with van der Waals surface area (Å²) in [6.45, 7) is 4.65. The highest BCUT2D eigenvalue weighted by molar-refractivity contribution is 5.96. The molecule has 2 aromatic heterocycles. The first-order valence-electron chi connectivity index (χ1n) is 7.93. The molecule has 0 fully saturated rings. The number of pyridine rings is 1. The van der Waals surface area contributed by atoms with Gasteiger partial charge < -0.3 is 14.4 Å². The van der Waals surface area contributed by atoms with Crippen molar-refractivity contribution in [2.75, 3.05) is 32.3 Å². The lowest BCUT2D eigenvalue weighted by atomic mass is 10.2. The molecule has 0 aliphatic heterocycles. The molecular weight excluding hydrogens is 308 g/mol. The summed E-state index contributed by atoms with van der Waals surface area (Å²) >= 11 is 0. The van der Waals surface area contributed by atoms with Crippen molar-refractivity contribution in [3.63, 3.8) is 0 Å². The average Bonchev–Trinajstić information content (AvgIpc) is 3.00. The zero-order valence-corrected chi connectivity index (χ0v) is 14.6. The normalized spacial score (nSPS) is 12.2. The van der Waals surface area contributed by atoms with Crippen molar-refractivity contribution in [3.8, 4) is 5.69 Å². The molecule has 0 spiro atoms. The maximum Gasteiger partial charge on any atom is 0.255 e. The number of amides is 1.